The largest absolute Gasteiger partial charge is 0.451 e. The summed E-state index contributed by atoms with van der Waals surface area (Å²) in [5.74, 6) is 0. The predicted molar refractivity (Wildman–Crippen MR) is 54.9 cm³/mol. The number of carbonyl (C=O) groups excluding carboxylic acids is 1. The van der Waals surface area contributed by atoms with Crippen molar-refractivity contribution in [3.8, 4) is 0 Å². The second-order valence-corrected chi connectivity index (χ2v) is 3.33. The van der Waals surface area contributed by atoms with Crippen molar-refractivity contribution in [2.24, 2.45) is 0 Å². The van der Waals surface area contributed by atoms with E-state index in [9.17, 15) is 4.79 Å². The standard InChI is InChI=1S/C11H14NO2/c1-7-5-8(2)10(9(3)6-7)12-11(13)14-4/h5-6H,1-4H3. The molecule has 3 nitrogen and oxygen atoms in total. The first-order valence-corrected chi connectivity index (χ1v) is 4.42. The molecule has 0 fully saturated rings. The molecule has 0 N–H and O–H groups in total. The maximum Gasteiger partial charge on any atom is 0.433 e. The van der Waals surface area contributed by atoms with Gasteiger partial charge in [0.2, 0.25) is 0 Å². The monoisotopic (exact) mass is 192 g/mol. The van der Waals surface area contributed by atoms with E-state index in [-0.39, 0.29) is 0 Å². The van der Waals surface area contributed by atoms with E-state index < -0.39 is 6.09 Å². The van der Waals surface area contributed by atoms with Crippen molar-refractivity contribution >= 4 is 11.8 Å². The van der Waals surface area contributed by atoms with Crippen LogP contribution in [0, 0.1) is 20.8 Å². The van der Waals surface area contributed by atoms with Crippen LogP contribution in [0.2, 0.25) is 0 Å². The third-order valence-electron chi connectivity index (χ3n) is 2.01. The summed E-state index contributed by atoms with van der Waals surface area (Å²) in [6.07, 6.45) is -0.556. The zero-order valence-corrected chi connectivity index (χ0v) is 8.92. The minimum Gasteiger partial charge on any atom is -0.451 e. The summed E-state index contributed by atoms with van der Waals surface area (Å²) in [7, 11) is 1.32. The summed E-state index contributed by atoms with van der Waals surface area (Å²) in [5, 5.41) is 3.86. The topological polar surface area (TPSA) is 40.4 Å². The third kappa shape index (κ3) is 2.25. The van der Waals surface area contributed by atoms with E-state index in [4.69, 9.17) is 0 Å². The van der Waals surface area contributed by atoms with Gasteiger partial charge >= 0.3 is 6.09 Å². The Morgan fingerprint density at radius 2 is 1.71 bits per heavy atom. The lowest BCUT2D eigenvalue weighted by Crippen LogP contribution is -2.12. The molecule has 0 saturated carbocycles. The van der Waals surface area contributed by atoms with Gasteiger partial charge in [-0.3, -0.25) is 0 Å². The van der Waals surface area contributed by atoms with Crippen molar-refractivity contribution in [1.29, 1.82) is 0 Å². The Morgan fingerprint density at radius 3 is 2.14 bits per heavy atom. The van der Waals surface area contributed by atoms with Gasteiger partial charge in [-0.15, -0.1) is 0 Å². The molecular formula is C11H14NO2. The molecule has 14 heavy (non-hydrogen) atoms. The number of benzene rings is 1. The van der Waals surface area contributed by atoms with E-state index in [1.807, 2.05) is 32.9 Å². The fourth-order valence-electron chi connectivity index (χ4n) is 1.49. The van der Waals surface area contributed by atoms with Gasteiger partial charge in [-0.25, -0.2) is 4.79 Å². The predicted octanol–water partition coefficient (Wildman–Crippen LogP) is 2.61. The molecule has 0 aliphatic heterocycles. The van der Waals surface area contributed by atoms with Crippen molar-refractivity contribution in [1.82, 2.24) is 5.32 Å². The molecule has 0 spiro atoms. The summed E-state index contributed by atoms with van der Waals surface area (Å²) >= 11 is 0. The lowest BCUT2D eigenvalue weighted by atomic mass is 10.1. The molecular weight excluding hydrogens is 178 g/mol. The number of hydrogen-bond acceptors (Lipinski definition) is 2. The Hall–Kier alpha value is -1.51. The molecule has 0 saturated heterocycles. The van der Waals surface area contributed by atoms with Gasteiger partial charge in [0.05, 0.1) is 12.8 Å². The number of aryl methyl sites for hydroxylation is 3. The molecule has 0 aromatic heterocycles. The van der Waals surface area contributed by atoms with Gasteiger partial charge in [0.25, 0.3) is 0 Å². The highest BCUT2D eigenvalue weighted by atomic mass is 16.5. The SMILES string of the molecule is COC(=O)[N]c1c(C)cc(C)cc1C. The van der Waals surface area contributed by atoms with Crippen LogP contribution in [0.1, 0.15) is 16.7 Å². The highest BCUT2D eigenvalue weighted by Crippen LogP contribution is 2.21. The minimum absolute atomic E-state index is 0.556. The fraction of sp³-hybridized carbons (Fsp3) is 0.364. The Balaban J connectivity index is 3.02. The first-order valence-electron chi connectivity index (χ1n) is 4.42. The molecule has 0 atom stereocenters. The summed E-state index contributed by atoms with van der Waals surface area (Å²) < 4.78 is 4.49. The Bertz CT molecular complexity index is 335. The van der Waals surface area contributed by atoms with E-state index in [2.05, 4.69) is 10.1 Å². The van der Waals surface area contributed by atoms with Crippen molar-refractivity contribution in [2.45, 2.75) is 20.8 Å². The molecule has 0 bridgehead atoms. The van der Waals surface area contributed by atoms with Crippen LogP contribution in [0.15, 0.2) is 12.1 Å². The molecule has 1 aromatic carbocycles. The number of ether oxygens (including phenoxy) is 1. The van der Waals surface area contributed by atoms with Crippen LogP contribution in [0.25, 0.3) is 0 Å². The second-order valence-electron chi connectivity index (χ2n) is 3.33. The van der Waals surface area contributed by atoms with Crippen molar-refractivity contribution in [2.75, 3.05) is 7.11 Å². The lowest BCUT2D eigenvalue weighted by molar-refractivity contribution is 0.175. The number of hydrogen-bond donors (Lipinski definition) is 0. The van der Waals surface area contributed by atoms with Crippen LogP contribution in [-0.2, 0) is 4.74 Å². The Kier molecular flexibility index (Phi) is 3.12. The number of nitrogens with zero attached hydrogens (tertiary/aromatic N) is 1. The molecule has 0 heterocycles. The van der Waals surface area contributed by atoms with Crippen LogP contribution in [0.4, 0.5) is 10.5 Å². The van der Waals surface area contributed by atoms with E-state index in [1.165, 1.54) is 12.7 Å². The van der Waals surface area contributed by atoms with E-state index in [0.717, 1.165) is 11.1 Å². The zero-order valence-electron chi connectivity index (χ0n) is 8.92. The fourth-order valence-corrected chi connectivity index (χ4v) is 1.49. The molecule has 0 aliphatic carbocycles. The van der Waals surface area contributed by atoms with Gasteiger partial charge < -0.3 is 4.74 Å². The number of amides is 1. The molecule has 0 unspecified atom stereocenters. The highest BCUT2D eigenvalue weighted by molar-refractivity contribution is 5.75. The van der Waals surface area contributed by atoms with Crippen LogP contribution in [-0.4, -0.2) is 13.2 Å². The van der Waals surface area contributed by atoms with Crippen LogP contribution in [0.3, 0.4) is 0 Å². The van der Waals surface area contributed by atoms with Gasteiger partial charge in [0.15, 0.2) is 0 Å². The lowest BCUT2D eigenvalue weighted by Gasteiger charge is -2.09. The normalized spacial score (nSPS) is 9.71. The average Bonchev–Trinajstić information content (AvgIpc) is 2.10. The summed E-state index contributed by atoms with van der Waals surface area (Å²) in [4.78, 5) is 11.0. The number of rotatable bonds is 1. The van der Waals surface area contributed by atoms with Gasteiger partial charge in [-0.05, 0) is 31.9 Å². The number of methoxy groups -OCH3 is 1. The Morgan fingerprint density at radius 1 is 1.21 bits per heavy atom. The maximum absolute atomic E-state index is 11.0. The van der Waals surface area contributed by atoms with Gasteiger partial charge in [-0.1, -0.05) is 17.7 Å². The van der Waals surface area contributed by atoms with Crippen molar-refractivity contribution in [3.05, 3.63) is 28.8 Å². The van der Waals surface area contributed by atoms with Gasteiger partial charge in [0, 0.05) is 0 Å². The maximum atomic E-state index is 11.0. The van der Waals surface area contributed by atoms with E-state index >= 15 is 0 Å². The third-order valence-corrected chi connectivity index (χ3v) is 2.01. The average molecular weight is 192 g/mol. The number of carbonyl (C=O) groups is 1. The first kappa shape index (κ1) is 10.6. The highest BCUT2D eigenvalue weighted by Gasteiger charge is 2.09. The molecule has 0 aliphatic rings. The molecule has 1 rings (SSSR count). The second kappa shape index (κ2) is 4.13. The van der Waals surface area contributed by atoms with Crippen molar-refractivity contribution in [3.63, 3.8) is 0 Å². The summed E-state index contributed by atoms with van der Waals surface area (Å²) in [6, 6.07) is 3.99. The molecule has 75 valence electrons. The Labute approximate surface area is 84.1 Å². The molecule has 1 amide bonds. The molecule has 1 aromatic rings. The van der Waals surface area contributed by atoms with Crippen LogP contribution >= 0.6 is 0 Å². The smallest absolute Gasteiger partial charge is 0.433 e. The van der Waals surface area contributed by atoms with Crippen molar-refractivity contribution < 1.29 is 9.53 Å². The summed E-state index contributed by atoms with van der Waals surface area (Å²) in [5.41, 5.74) is 3.87. The molecule has 1 radical (unpaired) electrons. The first-order chi connectivity index (χ1) is 6.54. The van der Waals surface area contributed by atoms with Gasteiger partial charge in [-0.2, -0.15) is 5.32 Å². The minimum atomic E-state index is -0.556. The quantitative estimate of drug-likeness (QED) is 0.686. The zero-order chi connectivity index (χ0) is 10.7. The van der Waals surface area contributed by atoms with Crippen LogP contribution < -0.4 is 5.32 Å². The van der Waals surface area contributed by atoms with Gasteiger partial charge in [0.1, 0.15) is 0 Å². The summed E-state index contributed by atoms with van der Waals surface area (Å²) in [6.45, 7) is 5.88. The van der Waals surface area contributed by atoms with Crippen LogP contribution in [0.5, 0.6) is 0 Å². The van der Waals surface area contributed by atoms with E-state index in [0.29, 0.717) is 5.69 Å². The van der Waals surface area contributed by atoms with E-state index in [1.54, 1.807) is 0 Å². The molecule has 3 heteroatoms.